The Hall–Kier alpha value is -2.76. The molecule has 2 heterocycles. The van der Waals surface area contributed by atoms with E-state index >= 15 is 0 Å². The van der Waals surface area contributed by atoms with Crippen molar-refractivity contribution in [1.29, 1.82) is 5.26 Å². The molecule has 8 heteroatoms. The van der Waals surface area contributed by atoms with Crippen LogP contribution in [0.4, 0.5) is 0 Å². The largest absolute Gasteiger partial charge is 0.341 e. The summed E-state index contributed by atoms with van der Waals surface area (Å²) in [5.74, 6) is -0.197. The summed E-state index contributed by atoms with van der Waals surface area (Å²) < 4.78 is 27.2. The molecule has 1 aliphatic rings. The molecule has 0 radical (unpaired) electrons. The second-order valence-electron chi connectivity index (χ2n) is 6.84. The van der Waals surface area contributed by atoms with Crippen molar-refractivity contribution < 1.29 is 13.2 Å². The lowest BCUT2D eigenvalue weighted by atomic mass is 9.96. The minimum absolute atomic E-state index is 0.0123. The Bertz CT molecular complexity index is 978. The number of hydrogen-bond acceptors (Lipinski definition) is 5. The summed E-state index contributed by atoms with van der Waals surface area (Å²) in [7, 11) is -1.99. The van der Waals surface area contributed by atoms with Crippen LogP contribution in [0.15, 0.2) is 53.7 Å². The van der Waals surface area contributed by atoms with Crippen LogP contribution in [0.5, 0.6) is 0 Å². The van der Waals surface area contributed by atoms with Crippen LogP contribution in [0.25, 0.3) is 0 Å². The molecule has 0 unspecified atom stereocenters. The van der Waals surface area contributed by atoms with E-state index in [0.717, 1.165) is 5.56 Å². The minimum atomic E-state index is -3.75. The van der Waals surface area contributed by atoms with E-state index in [4.69, 9.17) is 0 Å². The molecule has 1 amide bonds. The van der Waals surface area contributed by atoms with Gasteiger partial charge < -0.3 is 4.90 Å². The number of nitrogens with zero attached hydrogens (tertiary/aromatic N) is 4. The number of amides is 1. The highest BCUT2D eigenvalue weighted by molar-refractivity contribution is 7.89. The molecular formula is C20H22N4O3S. The lowest BCUT2D eigenvalue weighted by Gasteiger charge is -2.32. The zero-order valence-electron chi connectivity index (χ0n) is 15.7. The Morgan fingerprint density at radius 1 is 1.25 bits per heavy atom. The van der Waals surface area contributed by atoms with Crippen LogP contribution in [0, 0.1) is 17.2 Å². The summed E-state index contributed by atoms with van der Waals surface area (Å²) in [5.41, 5.74) is 1.09. The summed E-state index contributed by atoms with van der Waals surface area (Å²) in [4.78, 5) is 18.5. The zero-order chi connectivity index (χ0) is 20.1. The second-order valence-corrected chi connectivity index (χ2v) is 8.75. The first-order valence-corrected chi connectivity index (χ1v) is 10.5. The molecule has 7 nitrogen and oxygen atoms in total. The summed E-state index contributed by atoms with van der Waals surface area (Å²) >= 11 is 0. The standard InChI is InChI=1S/C20H22N4O3S/c1-23(15-16-5-4-10-22-14-16)20(25)17-8-11-24(12-9-17)28(26,27)19-7-3-2-6-18(19)13-21/h2-7,10,14,17H,8-9,11-12,15H2,1H3. The van der Waals surface area contributed by atoms with Gasteiger partial charge in [-0.25, -0.2) is 8.42 Å². The van der Waals surface area contributed by atoms with Gasteiger partial charge in [0, 0.05) is 45.0 Å². The fourth-order valence-corrected chi connectivity index (χ4v) is 5.03. The fourth-order valence-electron chi connectivity index (χ4n) is 3.42. The first-order valence-electron chi connectivity index (χ1n) is 9.06. The van der Waals surface area contributed by atoms with Crippen molar-refractivity contribution in [3.63, 3.8) is 0 Å². The summed E-state index contributed by atoms with van der Waals surface area (Å²) in [6.07, 6.45) is 4.34. The number of hydrogen-bond donors (Lipinski definition) is 0. The van der Waals surface area contributed by atoms with Crippen molar-refractivity contribution in [2.24, 2.45) is 5.92 Å². The lowest BCUT2D eigenvalue weighted by molar-refractivity contribution is -0.135. The molecule has 1 aromatic heterocycles. The summed E-state index contributed by atoms with van der Waals surface area (Å²) in [6.45, 7) is 0.999. The third-order valence-corrected chi connectivity index (χ3v) is 6.90. The van der Waals surface area contributed by atoms with Gasteiger partial charge in [0.25, 0.3) is 0 Å². The van der Waals surface area contributed by atoms with E-state index in [1.165, 1.54) is 16.4 Å². The molecule has 1 aromatic carbocycles. The Morgan fingerprint density at radius 2 is 1.96 bits per heavy atom. The highest BCUT2D eigenvalue weighted by Crippen LogP contribution is 2.26. The first-order chi connectivity index (χ1) is 13.4. The molecule has 1 aliphatic heterocycles. The first kappa shape index (κ1) is 20.0. The van der Waals surface area contributed by atoms with Crippen molar-refractivity contribution >= 4 is 15.9 Å². The molecule has 0 aliphatic carbocycles. The molecule has 1 fully saturated rings. The highest BCUT2D eigenvalue weighted by Gasteiger charge is 2.34. The number of carbonyl (C=O) groups excluding carboxylic acids is 1. The molecule has 0 saturated carbocycles. The average Bonchev–Trinajstić information content (AvgIpc) is 2.74. The Balaban J connectivity index is 1.64. The molecule has 1 saturated heterocycles. The fraction of sp³-hybridized carbons (Fsp3) is 0.350. The van der Waals surface area contributed by atoms with E-state index < -0.39 is 10.0 Å². The van der Waals surface area contributed by atoms with Gasteiger partial charge in [0.05, 0.1) is 10.5 Å². The maximum Gasteiger partial charge on any atom is 0.244 e. The molecule has 0 bridgehead atoms. The van der Waals surface area contributed by atoms with Gasteiger partial charge in [-0.15, -0.1) is 0 Å². The van der Waals surface area contributed by atoms with Crippen LogP contribution in [0.1, 0.15) is 24.0 Å². The topological polar surface area (TPSA) is 94.4 Å². The van der Waals surface area contributed by atoms with Crippen LogP contribution in [0.2, 0.25) is 0 Å². The predicted octanol–water partition coefficient (Wildman–Crippen LogP) is 2.01. The number of rotatable bonds is 5. The SMILES string of the molecule is CN(Cc1cccnc1)C(=O)C1CCN(S(=O)(=O)c2ccccc2C#N)CC1. The monoisotopic (exact) mass is 398 g/mol. The van der Waals surface area contributed by atoms with Gasteiger partial charge in [0.2, 0.25) is 15.9 Å². The van der Waals surface area contributed by atoms with Gasteiger partial charge in [-0.05, 0) is 36.6 Å². The molecular weight excluding hydrogens is 376 g/mol. The van der Waals surface area contributed by atoms with Crippen molar-refractivity contribution in [2.75, 3.05) is 20.1 Å². The number of carbonyl (C=O) groups is 1. The number of sulfonamides is 1. The van der Waals surface area contributed by atoms with Crippen LogP contribution in [-0.4, -0.2) is 48.7 Å². The molecule has 146 valence electrons. The number of benzene rings is 1. The normalized spacial score (nSPS) is 15.7. The minimum Gasteiger partial charge on any atom is -0.341 e. The van der Waals surface area contributed by atoms with E-state index in [9.17, 15) is 18.5 Å². The maximum absolute atomic E-state index is 12.9. The molecule has 0 atom stereocenters. The third kappa shape index (κ3) is 4.21. The highest BCUT2D eigenvalue weighted by atomic mass is 32.2. The summed E-state index contributed by atoms with van der Waals surface area (Å²) in [5, 5.41) is 9.19. The van der Waals surface area contributed by atoms with Gasteiger partial charge in [-0.3, -0.25) is 9.78 Å². The van der Waals surface area contributed by atoms with E-state index in [0.29, 0.717) is 19.4 Å². The number of piperidine rings is 1. The zero-order valence-corrected chi connectivity index (χ0v) is 16.5. The number of aromatic nitrogens is 1. The third-order valence-electron chi connectivity index (χ3n) is 4.95. The van der Waals surface area contributed by atoms with Crippen LogP contribution in [-0.2, 0) is 21.4 Å². The predicted molar refractivity (Wildman–Crippen MR) is 103 cm³/mol. The van der Waals surface area contributed by atoms with E-state index in [1.807, 2.05) is 18.2 Å². The van der Waals surface area contributed by atoms with Crippen molar-refractivity contribution in [3.8, 4) is 6.07 Å². The molecule has 3 rings (SSSR count). The van der Waals surface area contributed by atoms with E-state index in [1.54, 1.807) is 36.5 Å². The molecule has 28 heavy (non-hydrogen) atoms. The van der Waals surface area contributed by atoms with Crippen molar-refractivity contribution in [2.45, 2.75) is 24.3 Å². The van der Waals surface area contributed by atoms with Gasteiger partial charge >= 0.3 is 0 Å². The molecule has 0 N–H and O–H groups in total. The Kier molecular flexibility index (Phi) is 6.07. The quantitative estimate of drug-likeness (QED) is 0.768. The van der Waals surface area contributed by atoms with Gasteiger partial charge in [0.1, 0.15) is 6.07 Å². The van der Waals surface area contributed by atoms with E-state index in [-0.39, 0.29) is 35.4 Å². The van der Waals surface area contributed by atoms with Gasteiger partial charge in [-0.2, -0.15) is 9.57 Å². The van der Waals surface area contributed by atoms with E-state index in [2.05, 4.69) is 4.98 Å². The maximum atomic E-state index is 12.9. The van der Waals surface area contributed by atoms with Crippen LogP contribution < -0.4 is 0 Å². The number of nitriles is 1. The molecule has 0 spiro atoms. The Labute approximate surface area is 165 Å². The van der Waals surface area contributed by atoms with Gasteiger partial charge in [0.15, 0.2) is 0 Å². The van der Waals surface area contributed by atoms with Gasteiger partial charge in [-0.1, -0.05) is 18.2 Å². The summed E-state index contributed by atoms with van der Waals surface area (Å²) in [6, 6.07) is 11.9. The van der Waals surface area contributed by atoms with Crippen LogP contribution in [0.3, 0.4) is 0 Å². The van der Waals surface area contributed by atoms with Crippen molar-refractivity contribution in [3.05, 3.63) is 59.9 Å². The smallest absolute Gasteiger partial charge is 0.244 e. The second kappa shape index (κ2) is 8.50. The molecule has 2 aromatic rings. The average molecular weight is 398 g/mol. The van der Waals surface area contributed by atoms with Crippen molar-refractivity contribution in [1.82, 2.24) is 14.2 Å². The van der Waals surface area contributed by atoms with Crippen LogP contribution >= 0.6 is 0 Å². The Morgan fingerprint density at radius 3 is 2.61 bits per heavy atom. The lowest BCUT2D eigenvalue weighted by Crippen LogP contribution is -2.43. The number of pyridine rings is 1.